The van der Waals surface area contributed by atoms with Gasteiger partial charge < -0.3 is 19.9 Å². The summed E-state index contributed by atoms with van der Waals surface area (Å²) in [7, 11) is 1.55. The first-order chi connectivity index (χ1) is 12.5. The van der Waals surface area contributed by atoms with Gasteiger partial charge in [-0.05, 0) is 69.3 Å². The number of amides is 2. The SMILES string of the molecule is COc1cc(C)n(CCNC(=O)NC23CC4CC(CC(C4)C2)C3)c(=O)c1. The Morgan fingerprint density at radius 1 is 1.19 bits per heavy atom. The van der Waals surface area contributed by atoms with Crippen LogP contribution in [0.4, 0.5) is 4.79 Å². The maximum absolute atomic E-state index is 12.5. The van der Waals surface area contributed by atoms with E-state index in [4.69, 9.17) is 4.74 Å². The number of carbonyl (C=O) groups excluding carboxylic acids is 1. The molecule has 0 radical (unpaired) electrons. The Labute approximate surface area is 154 Å². The summed E-state index contributed by atoms with van der Waals surface area (Å²) in [6, 6.07) is 3.21. The van der Waals surface area contributed by atoms with E-state index in [0.29, 0.717) is 18.8 Å². The van der Waals surface area contributed by atoms with Gasteiger partial charge in [-0.1, -0.05) is 0 Å². The first kappa shape index (κ1) is 17.4. The van der Waals surface area contributed by atoms with E-state index in [1.54, 1.807) is 11.7 Å². The van der Waals surface area contributed by atoms with Gasteiger partial charge in [-0.15, -0.1) is 0 Å². The van der Waals surface area contributed by atoms with Crippen molar-refractivity contribution in [2.45, 2.75) is 57.5 Å². The highest BCUT2D eigenvalue weighted by Crippen LogP contribution is 2.55. The highest BCUT2D eigenvalue weighted by atomic mass is 16.5. The van der Waals surface area contributed by atoms with E-state index in [2.05, 4.69) is 10.6 Å². The molecule has 0 spiro atoms. The first-order valence-corrected chi connectivity index (χ1v) is 9.78. The van der Waals surface area contributed by atoms with Crippen LogP contribution in [0, 0.1) is 24.7 Å². The summed E-state index contributed by atoms with van der Waals surface area (Å²) < 4.78 is 6.78. The van der Waals surface area contributed by atoms with Crippen molar-refractivity contribution < 1.29 is 9.53 Å². The number of carbonyl (C=O) groups is 1. The summed E-state index contributed by atoms with van der Waals surface area (Å²) in [5.41, 5.74) is 0.744. The van der Waals surface area contributed by atoms with Crippen molar-refractivity contribution in [3.8, 4) is 5.75 Å². The normalized spacial score (nSPS) is 31.7. The Bertz CT molecular complexity index is 720. The maximum Gasteiger partial charge on any atom is 0.315 e. The Morgan fingerprint density at radius 2 is 1.81 bits per heavy atom. The molecule has 5 rings (SSSR count). The van der Waals surface area contributed by atoms with E-state index in [1.807, 2.05) is 13.0 Å². The average molecular weight is 359 g/mol. The summed E-state index contributed by atoms with van der Waals surface area (Å²) >= 11 is 0. The number of methoxy groups -OCH3 is 1. The molecular formula is C20H29N3O3. The van der Waals surface area contributed by atoms with Crippen molar-refractivity contribution in [3.05, 3.63) is 28.2 Å². The Morgan fingerprint density at radius 3 is 2.35 bits per heavy atom. The van der Waals surface area contributed by atoms with Gasteiger partial charge in [0.15, 0.2) is 0 Å². The number of aromatic nitrogens is 1. The summed E-state index contributed by atoms with van der Waals surface area (Å²) in [6.07, 6.45) is 7.52. The minimum Gasteiger partial charge on any atom is -0.496 e. The standard InChI is InChI=1S/C20H29N3O3/c1-13-5-17(26-2)9-18(24)23(13)4-3-21-19(25)22-20-10-14-6-15(11-20)8-16(7-14)12-20/h5,9,14-16H,3-4,6-8,10-12H2,1-2H3,(H2,21,22,25). The Balaban J connectivity index is 1.32. The predicted molar refractivity (Wildman–Crippen MR) is 99.4 cm³/mol. The van der Waals surface area contributed by atoms with Crippen molar-refractivity contribution in [3.63, 3.8) is 0 Å². The largest absolute Gasteiger partial charge is 0.496 e. The Hall–Kier alpha value is -1.98. The van der Waals surface area contributed by atoms with Gasteiger partial charge in [-0.3, -0.25) is 4.79 Å². The topological polar surface area (TPSA) is 72.4 Å². The molecule has 4 saturated carbocycles. The highest BCUT2D eigenvalue weighted by molar-refractivity contribution is 5.74. The first-order valence-electron chi connectivity index (χ1n) is 9.78. The van der Waals surface area contributed by atoms with Crippen LogP contribution in [0.3, 0.4) is 0 Å². The molecule has 6 nitrogen and oxygen atoms in total. The number of aryl methyl sites for hydroxylation is 1. The third kappa shape index (κ3) is 3.33. The van der Waals surface area contributed by atoms with E-state index in [9.17, 15) is 9.59 Å². The second-order valence-corrected chi connectivity index (χ2v) is 8.61. The van der Waals surface area contributed by atoms with Crippen LogP contribution in [0.5, 0.6) is 5.75 Å². The third-order valence-electron chi connectivity index (χ3n) is 6.58. The lowest BCUT2D eigenvalue weighted by Crippen LogP contribution is -2.61. The summed E-state index contributed by atoms with van der Waals surface area (Å²) in [5, 5.41) is 6.25. The number of urea groups is 1. The third-order valence-corrected chi connectivity index (χ3v) is 6.58. The molecule has 4 aliphatic carbocycles. The van der Waals surface area contributed by atoms with E-state index < -0.39 is 0 Å². The quantitative estimate of drug-likeness (QED) is 0.848. The molecule has 0 atom stereocenters. The molecule has 0 aliphatic heterocycles. The average Bonchev–Trinajstić information content (AvgIpc) is 2.55. The molecule has 26 heavy (non-hydrogen) atoms. The molecule has 1 aromatic heterocycles. The molecule has 4 aliphatic rings. The fraction of sp³-hybridized carbons (Fsp3) is 0.700. The minimum atomic E-state index is -0.106. The van der Waals surface area contributed by atoms with Crippen molar-refractivity contribution in [1.29, 1.82) is 0 Å². The molecule has 2 amide bonds. The number of hydrogen-bond donors (Lipinski definition) is 2. The van der Waals surface area contributed by atoms with E-state index >= 15 is 0 Å². The highest BCUT2D eigenvalue weighted by Gasteiger charge is 2.51. The zero-order chi connectivity index (χ0) is 18.3. The molecular weight excluding hydrogens is 330 g/mol. The van der Waals surface area contributed by atoms with Gasteiger partial charge >= 0.3 is 6.03 Å². The molecule has 0 aromatic carbocycles. The smallest absolute Gasteiger partial charge is 0.315 e. The monoisotopic (exact) mass is 359 g/mol. The van der Waals surface area contributed by atoms with E-state index in [1.165, 1.54) is 25.3 Å². The van der Waals surface area contributed by atoms with Crippen molar-refractivity contribution in [2.24, 2.45) is 17.8 Å². The lowest BCUT2D eigenvalue weighted by atomic mass is 9.53. The number of ether oxygens (including phenoxy) is 1. The zero-order valence-electron chi connectivity index (χ0n) is 15.7. The summed E-state index contributed by atoms with van der Waals surface area (Å²) in [4.78, 5) is 24.6. The van der Waals surface area contributed by atoms with Crippen LogP contribution in [0.25, 0.3) is 0 Å². The van der Waals surface area contributed by atoms with Crippen molar-refractivity contribution >= 4 is 6.03 Å². The predicted octanol–water partition coefficient (Wildman–Crippen LogP) is 2.43. The number of nitrogens with one attached hydrogen (secondary N) is 2. The number of pyridine rings is 1. The molecule has 0 saturated heterocycles. The van der Waals surface area contributed by atoms with Gasteiger partial charge in [-0.2, -0.15) is 0 Å². The molecule has 0 unspecified atom stereocenters. The Kier molecular flexibility index (Phi) is 4.45. The van der Waals surface area contributed by atoms with E-state index in [-0.39, 0.29) is 17.1 Å². The second-order valence-electron chi connectivity index (χ2n) is 8.61. The van der Waals surface area contributed by atoms with Gasteiger partial charge in [0, 0.05) is 30.4 Å². The van der Waals surface area contributed by atoms with Gasteiger partial charge in [-0.25, -0.2) is 4.79 Å². The molecule has 2 N–H and O–H groups in total. The molecule has 1 heterocycles. The van der Waals surface area contributed by atoms with Crippen LogP contribution >= 0.6 is 0 Å². The lowest BCUT2D eigenvalue weighted by molar-refractivity contribution is -0.0135. The minimum absolute atomic E-state index is 0.0195. The van der Waals surface area contributed by atoms with Crippen molar-refractivity contribution in [2.75, 3.05) is 13.7 Å². The fourth-order valence-corrected chi connectivity index (χ4v) is 5.93. The lowest BCUT2D eigenvalue weighted by Gasteiger charge is -2.56. The molecule has 6 heteroatoms. The van der Waals surface area contributed by atoms with Gasteiger partial charge in [0.2, 0.25) is 0 Å². The van der Waals surface area contributed by atoms with Gasteiger partial charge in [0.25, 0.3) is 5.56 Å². The number of hydrogen-bond acceptors (Lipinski definition) is 3. The van der Waals surface area contributed by atoms with Gasteiger partial charge in [0.05, 0.1) is 7.11 Å². The molecule has 4 fully saturated rings. The molecule has 1 aromatic rings. The maximum atomic E-state index is 12.5. The van der Waals surface area contributed by atoms with E-state index in [0.717, 1.165) is 42.7 Å². The fourth-order valence-electron chi connectivity index (χ4n) is 5.93. The molecule has 142 valence electrons. The summed E-state index contributed by atoms with van der Waals surface area (Å²) in [5.74, 6) is 2.99. The number of nitrogens with zero attached hydrogens (tertiary/aromatic N) is 1. The van der Waals surface area contributed by atoms with Gasteiger partial charge in [0.1, 0.15) is 5.75 Å². The molecule has 4 bridgehead atoms. The zero-order valence-corrected chi connectivity index (χ0v) is 15.7. The van der Waals surface area contributed by atoms with Crippen LogP contribution < -0.4 is 20.9 Å². The van der Waals surface area contributed by atoms with Crippen LogP contribution in [0.2, 0.25) is 0 Å². The van der Waals surface area contributed by atoms with Crippen molar-refractivity contribution in [1.82, 2.24) is 15.2 Å². The number of rotatable bonds is 5. The summed E-state index contributed by atoms with van der Waals surface area (Å²) in [6.45, 7) is 2.77. The van der Waals surface area contributed by atoms with Crippen LogP contribution in [0.1, 0.15) is 44.2 Å². The van der Waals surface area contributed by atoms with Crippen LogP contribution in [-0.2, 0) is 6.54 Å². The van der Waals surface area contributed by atoms with Crippen LogP contribution in [-0.4, -0.2) is 29.8 Å². The van der Waals surface area contributed by atoms with Crippen LogP contribution in [0.15, 0.2) is 16.9 Å². The second kappa shape index (κ2) is 6.63.